The third kappa shape index (κ3) is 4.07. The Labute approximate surface area is 170 Å². The zero-order valence-corrected chi connectivity index (χ0v) is 16.9. The van der Waals surface area contributed by atoms with E-state index in [9.17, 15) is 0 Å². The lowest BCUT2D eigenvalue weighted by atomic mass is 10.1. The summed E-state index contributed by atoms with van der Waals surface area (Å²) >= 11 is 0. The van der Waals surface area contributed by atoms with E-state index in [1.807, 2.05) is 6.92 Å². The summed E-state index contributed by atoms with van der Waals surface area (Å²) in [6, 6.07) is 7.42. The van der Waals surface area contributed by atoms with E-state index in [0.717, 1.165) is 43.6 Å². The third-order valence-corrected chi connectivity index (χ3v) is 5.53. The Balaban J connectivity index is 1.30. The highest BCUT2D eigenvalue weighted by atomic mass is 15.4. The Bertz CT molecular complexity index is 1000. The van der Waals surface area contributed by atoms with Gasteiger partial charge < -0.3 is 10.2 Å². The highest BCUT2D eigenvalue weighted by Crippen LogP contribution is 2.30. The molecule has 8 heteroatoms. The molecule has 2 aromatic heterocycles. The van der Waals surface area contributed by atoms with Crippen molar-refractivity contribution in [3.63, 3.8) is 0 Å². The van der Waals surface area contributed by atoms with Crippen LogP contribution in [-0.2, 0) is 0 Å². The third-order valence-electron chi connectivity index (χ3n) is 5.53. The molecule has 150 valence electrons. The molecule has 2 aliphatic rings. The lowest BCUT2D eigenvalue weighted by Gasteiger charge is -2.36. The van der Waals surface area contributed by atoms with Crippen molar-refractivity contribution in [2.45, 2.75) is 32.7 Å². The van der Waals surface area contributed by atoms with Crippen LogP contribution < -0.4 is 10.2 Å². The summed E-state index contributed by atoms with van der Waals surface area (Å²) < 4.78 is 1.64. The number of rotatable bonds is 5. The maximum absolute atomic E-state index is 4.50. The highest BCUT2D eigenvalue weighted by molar-refractivity contribution is 5.64. The van der Waals surface area contributed by atoms with Gasteiger partial charge in [-0.2, -0.15) is 9.67 Å². The molecule has 8 nitrogen and oxygen atoms in total. The Morgan fingerprint density at radius 3 is 2.59 bits per heavy atom. The van der Waals surface area contributed by atoms with Crippen LogP contribution in [0.3, 0.4) is 0 Å². The van der Waals surface area contributed by atoms with Crippen molar-refractivity contribution in [1.82, 2.24) is 29.6 Å². The minimum atomic E-state index is 0.545. The fraction of sp³-hybridized carbons (Fsp3) is 0.429. The second kappa shape index (κ2) is 7.44. The maximum Gasteiger partial charge on any atom is 0.247 e. The summed E-state index contributed by atoms with van der Waals surface area (Å²) in [5, 5.41) is 7.83. The van der Waals surface area contributed by atoms with E-state index in [0.29, 0.717) is 11.8 Å². The summed E-state index contributed by atoms with van der Waals surface area (Å²) in [4.78, 5) is 18.1. The van der Waals surface area contributed by atoms with Gasteiger partial charge in [0.25, 0.3) is 0 Å². The molecule has 1 aromatic carbocycles. The van der Waals surface area contributed by atoms with Gasteiger partial charge in [0.2, 0.25) is 5.95 Å². The van der Waals surface area contributed by atoms with E-state index in [4.69, 9.17) is 0 Å². The van der Waals surface area contributed by atoms with E-state index in [1.54, 1.807) is 23.4 Å². The Hall–Kier alpha value is -3.00. The first-order valence-corrected chi connectivity index (χ1v) is 10.2. The summed E-state index contributed by atoms with van der Waals surface area (Å²) in [7, 11) is 0. The van der Waals surface area contributed by atoms with Gasteiger partial charge in [-0.25, -0.2) is 4.98 Å². The van der Waals surface area contributed by atoms with E-state index < -0.39 is 0 Å². The minimum Gasteiger partial charge on any atom is -0.369 e. The number of aromatic nitrogens is 5. The molecular weight excluding hydrogens is 364 g/mol. The fourth-order valence-corrected chi connectivity index (χ4v) is 3.92. The fourth-order valence-electron chi connectivity index (χ4n) is 3.92. The van der Waals surface area contributed by atoms with Crippen molar-refractivity contribution < 1.29 is 0 Å². The van der Waals surface area contributed by atoms with Gasteiger partial charge in [-0.3, -0.25) is 9.88 Å². The molecule has 5 rings (SSSR count). The lowest BCUT2D eigenvalue weighted by molar-refractivity contribution is 0.248. The molecule has 1 aliphatic carbocycles. The normalized spacial score (nSPS) is 17.5. The SMILES string of the molecule is Cc1cc(Nc2ncn(-c3cncc(C)n3)n2)cc(N2CCN(C3CC3)CC2)c1. The molecule has 1 N–H and O–H groups in total. The highest BCUT2D eigenvalue weighted by Gasteiger charge is 2.31. The molecule has 0 amide bonds. The van der Waals surface area contributed by atoms with Gasteiger partial charge in [0, 0.05) is 49.8 Å². The van der Waals surface area contributed by atoms with E-state index in [2.05, 4.69) is 60.3 Å². The van der Waals surface area contributed by atoms with Crippen LogP contribution in [0.5, 0.6) is 0 Å². The van der Waals surface area contributed by atoms with Crippen molar-refractivity contribution in [2.24, 2.45) is 0 Å². The minimum absolute atomic E-state index is 0.545. The first kappa shape index (κ1) is 18.1. The van der Waals surface area contributed by atoms with Gasteiger partial charge in [-0.05, 0) is 50.5 Å². The van der Waals surface area contributed by atoms with Crippen LogP contribution in [0.1, 0.15) is 24.1 Å². The predicted octanol–water partition coefficient (Wildman–Crippen LogP) is 2.70. The van der Waals surface area contributed by atoms with Gasteiger partial charge in [0.1, 0.15) is 6.33 Å². The first-order valence-electron chi connectivity index (χ1n) is 10.2. The molecule has 1 aliphatic heterocycles. The number of nitrogens with zero attached hydrogens (tertiary/aromatic N) is 7. The van der Waals surface area contributed by atoms with Crippen LogP contribution >= 0.6 is 0 Å². The second-order valence-corrected chi connectivity index (χ2v) is 7.97. The number of benzene rings is 1. The largest absolute Gasteiger partial charge is 0.369 e. The summed E-state index contributed by atoms with van der Waals surface area (Å²) in [5.74, 6) is 1.20. The van der Waals surface area contributed by atoms with E-state index in [1.165, 1.54) is 24.1 Å². The zero-order chi connectivity index (χ0) is 19.8. The number of nitrogens with one attached hydrogen (secondary N) is 1. The van der Waals surface area contributed by atoms with Gasteiger partial charge in [-0.15, -0.1) is 5.10 Å². The standard InChI is InChI=1S/C21H26N8/c1-15-9-17(11-19(10-15)28-7-5-27(6-8-28)18-3-4-18)25-21-23-14-29(26-21)20-13-22-12-16(2)24-20/h9-14,18H,3-8H2,1-2H3,(H,25,26). The molecule has 29 heavy (non-hydrogen) atoms. The molecule has 0 radical (unpaired) electrons. The van der Waals surface area contributed by atoms with Gasteiger partial charge in [0.05, 0.1) is 11.9 Å². The van der Waals surface area contributed by atoms with E-state index >= 15 is 0 Å². The smallest absolute Gasteiger partial charge is 0.247 e. The summed E-state index contributed by atoms with van der Waals surface area (Å²) in [5.41, 5.74) is 4.32. The molecule has 0 bridgehead atoms. The summed E-state index contributed by atoms with van der Waals surface area (Å²) in [6.07, 6.45) is 7.81. The topological polar surface area (TPSA) is 75.0 Å². The Kier molecular flexibility index (Phi) is 4.63. The predicted molar refractivity (Wildman–Crippen MR) is 113 cm³/mol. The molecule has 3 aromatic rings. The molecule has 3 heterocycles. The quantitative estimate of drug-likeness (QED) is 0.718. The molecule has 0 unspecified atom stereocenters. The van der Waals surface area contributed by atoms with Gasteiger partial charge in [0.15, 0.2) is 5.82 Å². The van der Waals surface area contributed by atoms with Crippen LogP contribution in [-0.4, -0.2) is 61.9 Å². The van der Waals surface area contributed by atoms with Crippen molar-refractivity contribution in [3.8, 4) is 5.82 Å². The van der Waals surface area contributed by atoms with Gasteiger partial charge >= 0.3 is 0 Å². The number of piperazine rings is 1. The Morgan fingerprint density at radius 1 is 1.00 bits per heavy atom. The van der Waals surface area contributed by atoms with Crippen molar-refractivity contribution in [3.05, 3.63) is 48.2 Å². The van der Waals surface area contributed by atoms with Crippen LogP contribution in [0.4, 0.5) is 17.3 Å². The first-order chi connectivity index (χ1) is 14.1. The summed E-state index contributed by atoms with van der Waals surface area (Å²) in [6.45, 7) is 8.52. The van der Waals surface area contributed by atoms with Crippen LogP contribution in [0, 0.1) is 13.8 Å². The molecule has 1 saturated heterocycles. The Morgan fingerprint density at radius 2 is 1.83 bits per heavy atom. The zero-order valence-electron chi connectivity index (χ0n) is 16.9. The second-order valence-electron chi connectivity index (χ2n) is 7.97. The van der Waals surface area contributed by atoms with E-state index in [-0.39, 0.29) is 0 Å². The average molecular weight is 390 g/mol. The number of hydrogen-bond acceptors (Lipinski definition) is 7. The number of anilines is 3. The van der Waals surface area contributed by atoms with Crippen molar-refractivity contribution in [1.29, 1.82) is 0 Å². The van der Waals surface area contributed by atoms with Gasteiger partial charge in [-0.1, -0.05) is 0 Å². The van der Waals surface area contributed by atoms with Crippen molar-refractivity contribution >= 4 is 17.3 Å². The number of hydrogen-bond donors (Lipinski definition) is 1. The van der Waals surface area contributed by atoms with Crippen LogP contribution in [0.15, 0.2) is 36.9 Å². The molecular formula is C21H26N8. The number of aryl methyl sites for hydroxylation is 2. The molecule has 2 fully saturated rings. The molecule has 0 atom stereocenters. The maximum atomic E-state index is 4.50. The lowest BCUT2D eigenvalue weighted by Crippen LogP contribution is -2.47. The molecule has 0 spiro atoms. The molecule has 1 saturated carbocycles. The van der Waals surface area contributed by atoms with Crippen molar-refractivity contribution in [2.75, 3.05) is 36.4 Å². The van der Waals surface area contributed by atoms with Crippen LogP contribution in [0.2, 0.25) is 0 Å². The van der Waals surface area contributed by atoms with Crippen LogP contribution in [0.25, 0.3) is 5.82 Å². The average Bonchev–Trinajstić information content (AvgIpc) is 3.47. The monoisotopic (exact) mass is 390 g/mol.